The highest BCUT2D eigenvalue weighted by Crippen LogP contribution is 2.19. The number of rotatable bonds is 3. The molecule has 0 aliphatic rings. The van der Waals surface area contributed by atoms with Gasteiger partial charge in [0.05, 0.1) is 5.69 Å². The van der Waals surface area contributed by atoms with Gasteiger partial charge in [-0.3, -0.25) is 4.98 Å². The summed E-state index contributed by atoms with van der Waals surface area (Å²) in [4.78, 5) is 4.02. The second-order valence-corrected chi connectivity index (χ2v) is 4.25. The number of pyridine rings is 1. The Morgan fingerprint density at radius 3 is 2.50 bits per heavy atom. The number of aromatic nitrogens is 1. The van der Waals surface area contributed by atoms with Crippen LogP contribution >= 0.6 is 23.2 Å². The zero-order chi connectivity index (χ0) is 11.4. The van der Waals surface area contributed by atoms with E-state index in [9.17, 15) is 0 Å². The Bertz CT molecular complexity index is 451. The maximum Gasteiger partial charge on any atom is 0.0529 e. The first-order chi connectivity index (χ1) is 7.74. The van der Waals surface area contributed by atoms with Crippen LogP contribution in [0.3, 0.4) is 0 Å². The third-order valence-electron chi connectivity index (χ3n) is 2.08. The van der Waals surface area contributed by atoms with Crippen molar-refractivity contribution in [1.82, 2.24) is 4.98 Å². The highest BCUT2D eigenvalue weighted by atomic mass is 35.5. The lowest BCUT2D eigenvalue weighted by Gasteiger charge is -2.06. The molecule has 0 saturated heterocycles. The molecule has 0 aliphatic carbocycles. The number of nitrogens with one attached hydrogen (secondary N) is 1. The van der Waals surface area contributed by atoms with Crippen LogP contribution in [0.25, 0.3) is 0 Å². The van der Waals surface area contributed by atoms with E-state index >= 15 is 0 Å². The van der Waals surface area contributed by atoms with Crippen molar-refractivity contribution >= 4 is 28.9 Å². The molecule has 0 saturated carbocycles. The average Bonchev–Trinajstić information content (AvgIpc) is 2.27. The van der Waals surface area contributed by atoms with E-state index in [2.05, 4.69) is 10.3 Å². The molecule has 16 heavy (non-hydrogen) atoms. The second-order valence-electron chi connectivity index (χ2n) is 3.37. The van der Waals surface area contributed by atoms with Gasteiger partial charge in [0.1, 0.15) is 0 Å². The van der Waals surface area contributed by atoms with Crippen molar-refractivity contribution in [3.05, 3.63) is 58.3 Å². The van der Waals surface area contributed by atoms with E-state index in [4.69, 9.17) is 23.2 Å². The van der Waals surface area contributed by atoms with Crippen molar-refractivity contribution < 1.29 is 0 Å². The van der Waals surface area contributed by atoms with Crippen LogP contribution in [0.5, 0.6) is 0 Å². The Labute approximate surface area is 104 Å². The third kappa shape index (κ3) is 3.12. The topological polar surface area (TPSA) is 24.9 Å². The Kier molecular flexibility index (Phi) is 3.65. The lowest BCUT2D eigenvalue weighted by Crippen LogP contribution is -1.99. The average molecular weight is 253 g/mol. The van der Waals surface area contributed by atoms with E-state index in [-0.39, 0.29) is 0 Å². The van der Waals surface area contributed by atoms with Crippen LogP contribution in [0, 0.1) is 0 Å². The molecule has 0 bridgehead atoms. The molecule has 1 aromatic heterocycles. The normalized spacial score (nSPS) is 10.1. The third-order valence-corrected chi connectivity index (χ3v) is 2.52. The predicted octanol–water partition coefficient (Wildman–Crippen LogP) is 4.00. The molecule has 82 valence electrons. The molecule has 0 unspecified atom stereocenters. The van der Waals surface area contributed by atoms with Gasteiger partial charge in [0.2, 0.25) is 0 Å². The Morgan fingerprint density at radius 2 is 1.88 bits per heavy atom. The molecule has 0 aliphatic heterocycles. The van der Waals surface area contributed by atoms with Gasteiger partial charge in [-0.2, -0.15) is 0 Å². The van der Waals surface area contributed by atoms with Crippen LogP contribution in [-0.2, 0) is 6.54 Å². The number of halogens is 2. The van der Waals surface area contributed by atoms with Gasteiger partial charge in [0.25, 0.3) is 0 Å². The summed E-state index contributed by atoms with van der Waals surface area (Å²) < 4.78 is 0. The van der Waals surface area contributed by atoms with E-state index in [0.29, 0.717) is 16.6 Å². The molecule has 2 rings (SSSR count). The Hall–Kier alpha value is -1.25. The fraction of sp³-hybridized carbons (Fsp3) is 0.0833. The van der Waals surface area contributed by atoms with E-state index in [1.165, 1.54) is 0 Å². The first-order valence-electron chi connectivity index (χ1n) is 4.83. The molecule has 0 fully saturated rings. The van der Waals surface area contributed by atoms with Crippen molar-refractivity contribution in [1.29, 1.82) is 0 Å². The molecular formula is C12H10Cl2N2. The Balaban J connectivity index is 2.05. The van der Waals surface area contributed by atoms with Crippen LogP contribution in [0.2, 0.25) is 10.0 Å². The summed E-state index contributed by atoms with van der Waals surface area (Å²) in [6.45, 7) is 0.673. The van der Waals surface area contributed by atoms with Crippen molar-refractivity contribution in [2.45, 2.75) is 6.54 Å². The summed E-state index contributed by atoms with van der Waals surface area (Å²) in [5, 5.41) is 4.53. The number of hydrogen-bond donors (Lipinski definition) is 1. The molecule has 1 aromatic carbocycles. The Morgan fingerprint density at radius 1 is 1.12 bits per heavy atom. The number of benzene rings is 1. The number of nitrogens with zero attached hydrogens (tertiary/aromatic N) is 1. The zero-order valence-corrected chi connectivity index (χ0v) is 9.96. The highest BCUT2D eigenvalue weighted by Gasteiger charge is 1.98. The van der Waals surface area contributed by atoms with E-state index in [0.717, 1.165) is 11.3 Å². The van der Waals surface area contributed by atoms with E-state index in [1.54, 1.807) is 18.5 Å². The minimum Gasteiger partial charge on any atom is -0.380 e. The molecule has 4 heteroatoms. The monoisotopic (exact) mass is 252 g/mol. The summed E-state index contributed by atoms with van der Waals surface area (Å²) in [6, 6.07) is 9.33. The van der Waals surface area contributed by atoms with Gasteiger partial charge in [-0.1, -0.05) is 23.2 Å². The van der Waals surface area contributed by atoms with Crippen LogP contribution in [0.15, 0.2) is 42.7 Å². The first-order valence-corrected chi connectivity index (χ1v) is 5.58. The quantitative estimate of drug-likeness (QED) is 0.894. The van der Waals surface area contributed by atoms with Gasteiger partial charge in [-0.15, -0.1) is 0 Å². The van der Waals surface area contributed by atoms with E-state index < -0.39 is 0 Å². The van der Waals surface area contributed by atoms with Crippen molar-refractivity contribution in [2.24, 2.45) is 0 Å². The van der Waals surface area contributed by atoms with E-state index in [1.807, 2.05) is 24.3 Å². The molecular weight excluding hydrogens is 243 g/mol. The first kappa shape index (κ1) is 11.2. The van der Waals surface area contributed by atoms with Gasteiger partial charge >= 0.3 is 0 Å². The molecule has 1 heterocycles. The number of hydrogen-bond acceptors (Lipinski definition) is 2. The summed E-state index contributed by atoms with van der Waals surface area (Å²) in [5.74, 6) is 0. The molecule has 0 spiro atoms. The zero-order valence-electron chi connectivity index (χ0n) is 8.45. The molecule has 0 radical (unpaired) electrons. The maximum atomic E-state index is 5.91. The van der Waals surface area contributed by atoms with Gasteiger partial charge < -0.3 is 5.32 Å². The van der Waals surface area contributed by atoms with Crippen LogP contribution < -0.4 is 5.32 Å². The van der Waals surface area contributed by atoms with Gasteiger partial charge in [0.15, 0.2) is 0 Å². The molecule has 1 N–H and O–H groups in total. The van der Waals surface area contributed by atoms with Crippen LogP contribution in [0.4, 0.5) is 5.69 Å². The number of anilines is 1. The fourth-order valence-corrected chi connectivity index (χ4v) is 1.96. The highest BCUT2D eigenvalue weighted by molar-refractivity contribution is 6.34. The smallest absolute Gasteiger partial charge is 0.0529 e. The minimum absolute atomic E-state index is 0.649. The van der Waals surface area contributed by atoms with Crippen LogP contribution in [0.1, 0.15) is 5.56 Å². The summed E-state index contributed by atoms with van der Waals surface area (Å²) in [6.07, 6.45) is 3.51. The van der Waals surface area contributed by atoms with Crippen molar-refractivity contribution in [3.8, 4) is 0 Å². The van der Waals surface area contributed by atoms with Crippen LogP contribution in [-0.4, -0.2) is 4.98 Å². The maximum absolute atomic E-state index is 5.91. The predicted molar refractivity (Wildman–Crippen MR) is 68.0 cm³/mol. The van der Waals surface area contributed by atoms with Gasteiger partial charge in [0, 0.05) is 29.0 Å². The SMILES string of the molecule is Clc1cc(Cl)cc(CNc2cccnc2)c1. The molecule has 0 amide bonds. The van der Waals surface area contributed by atoms with Crippen molar-refractivity contribution in [3.63, 3.8) is 0 Å². The lowest BCUT2D eigenvalue weighted by molar-refractivity contribution is 1.14. The summed E-state index contributed by atoms with van der Waals surface area (Å²) >= 11 is 11.8. The summed E-state index contributed by atoms with van der Waals surface area (Å²) in [5.41, 5.74) is 2.01. The fourth-order valence-electron chi connectivity index (χ4n) is 1.38. The molecule has 0 atom stereocenters. The largest absolute Gasteiger partial charge is 0.380 e. The minimum atomic E-state index is 0.649. The summed E-state index contributed by atoms with van der Waals surface area (Å²) in [7, 11) is 0. The standard InChI is InChI=1S/C12H10Cl2N2/c13-10-4-9(5-11(14)6-10)7-16-12-2-1-3-15-8-12/h1-6,8,16H,7H2. The second kappa shape index (κ2) is 5.19. The molecule has 2 nitrogen and oxygen atoms in total. The van der Waals surface area contributed by atoms with Crippen molar-refractivity contribution in [2.75, 3.05) is 5.32 Å². The van der Waals surface area contributed by atoms with Gasteiger partial charge in [-0.25, -0.2) is 0 Å². The molecule has 2 aromatic rings. The lowest BCUT2D eigenvalue weighted by atomic mass is 10.2. The van der Waals surface area contributed by atoms with Gasteiger partial charge in [-0.05, 0) is 35.9 Å².